The molecule has 0 amide bonds. The highest BCUT2D eigenvalue weighted by atomic mass is 19.4. The molecule has 0 aromatic heterocycles. The van der Waals surface area contributed by atoms with Gasteiger partial charge in [0.05, 0.1) is 11.1 Å². The highest BCUT2D eigenvalue weighted by Crippen LogP contribution is 2.43. The maximum atomic E-state index is 12.6. The number of hydrogen-bond acceptors (Lipinski definition) is 3. The van der Waals surface area contributed by atoms with E-state index in [9.17, 15) is 31.1 Å². The third-order valence-electron chi connectivity index (χ3n) is 2.36. The van der Waals surface area contributed by atoms with E-state index in [2.05, 4.69) is 0 Å². The highest BCUT2D eigenvalue weighted by molar-refractivity contribution is 5.77. The molecule has 0 aliphatic carbocycles. The third kappa shape index (κ3) is 3.13. The van der Waals surface area contributed by atoms with Gasteiger partial charge in [0.15, 0.2) is 6.10 Å². The summed E-state index contributed by atoms with van der Waals surface area (Å²) in [7, 11) is 0. The van der Waals surface area contributed by atoms with E-state index in [1.54, 1.807) is 0 Å². The van der Waals surface area contributed by atoms with Gasteiger partial charge in [0.2, 0.25) is 0 Å². The summed E-state index contributed by atoms with van der Waals surface area (Å²) >= 11 is 0. The lowest BCUT2D eigenvalue weighted by atomic mass is 9.98. The van der Waals surface area contributed by atoms with E-state index in [0.29, 0.717) is 0 Å². The molecule has 1 aromatic carbocycles. The fourth-order valence-electron chi connectivity index (χ4n) is 1.47. The van der Waals surface area contributed by atoms with Gasteiger partial charge in [0, 0.05) is 11.3 Å². The van der Waals surface area contributed by atoms with Gasteiger partial charge in [-0.3, -0.25) is 0 Å². The lowest BCUT2D eigenvalue weighted by molar-refractivity contribution is -0.162. The molecule has 1 atom stereocenters. The van der Waals surface area contributed by atoms with Crippen molar-refractivity contribution < 1.29 is 41.4 Å². The molecular weight excluding hydrogens is 296 g/mol. The van der Waals surface area contributed by atoms with Crippen LogP contribution in [0.5, 0.6) is 0 Å². The summed E-state index contributed by atoms with van der Waals surface area (Å²) in [6, 6.07) is -0.165. The van der Waals surface area contributed by atoms with Gasteiger partial charge in [-0.25, -0.2) is 4.79 Å². The molecule has 4 N–H and O–H groups in total. The van der Waals surface area contributed by atoms with Gasteiger partial charge >= 0.3 is 18.3 Å². The van der Waals surface area contributed by atoms with Gasteiger partial charge in [-0.05, 0) is 12.1 Å². The van der Waals surface area contributed by atoms with Crippen LogP contribution in [-0.2, 0) is 17.1 Å². The summed E-state index contributed by atoms with van der Waals surface area (Å²) in [5.41, 5.74) is -0.953. The zero-order valence-electron chi connectivity index (χ0n) is 9.38. The minimum absolute atomic E-state index is 0.0513. The Bertz CT molecular complexity index is 537. The van der Waals surface area contributed by atoms with Crippen molar-refractivity contribution in [3.63, 3.8) is 0 Å². The first-order valence-electron chi connectivity index (χ1n) is 4.84. The Morgan fingerprint density at radius 2 is 1.45 bits per heavy atom. The number of halogens is 6. The summed E-state index contributed by atoms with van der Waals surface area (Å²) in [5, 5.41) is 17.6. The van der Waals surface area contributed by atoms with Crippen LogP contribution < -0.4 is 5.73 Å². The zero-order chi connectivity index (χ0) is 15.9. The summed E-state index contributed by atoms with van der Waals surface area (Å²) in [6.07, 6.45) is -13.2. The molecular formula is C10H7F6NO3. The molecule has 0 bridgehead atoms. The maximum Gasteiger partial charge on any atom is 0.417 e. The minimum Gasteiger partial charge on any atom is -0.479 e. The van der Waals surface area contributed by atoms with Crippen molar-refractivity contribution in [2.75, 3.05) is 5.73 Å². The molecule has 0 fully saturated rings. The maximum absolute atomic E-state index is 12.6. The van der Waals surface area contributed by atoms with Crippen molar-refractivity contribution in [1.29, 1.82) is 0 Å². The number of benzene rings is 1. The Kier molecular flexibility index (Phi) is 3.90. The van der Waals surface area contributed by atoms with Crippen LogP contribution >= 0.6 is 0 Å². The predicted molar refractivity (Wildman–Crippen MR) is 53.5 cm³/mol. The van der Waals surface area contributed by atoms with E-state index in [1.165, 1.54) is 0 Å². The summed E-state index contributed by atoms with van der Waals surface area (Å²) in [5.74, 6) is -1.94. The predicted octanol–water partition coefficient (Wildman–Crippen LogP) is 2.42. The van der Waals surface area contributed by atoms with Crippen molar-refractivity contribution in [2.45, 2.75) is 18.5 Å². The molecule has 10 heteroatoms. The fraction of sp³-hybridized carbons (Fsp3) is 0.300. The number of aliphatic hydroxyl groups excluding tert-OH is 1. The van der Waals surface area contributed by atoms with Crippen LogP contribution in [0.15, 0.2) is 12.1 Å². The number of carboxylic acid groups (broad SMARTS) is 1. The largest absolute Gasteiger partial charge is 0.479 e. The Balaban J connectivity index is 3.61. The lowest BCUT2D eigenvalue weighted by Crippen LogP contribution is -2.20. The molecule has 112 valence electrons. The van der Waals surface area contributed by atoms with Crippen LogP contribution in [0.2, 0.25) is 0 Å². The Morgan fingerprint density at radius 3 is 1.80 bits per heavy atom. The second-order valence-corrected chi connectivity index (χ2v) is 3.76. The Labute approximate surface area is 107 Å². The van der Waals surface area contributed by atoms with Crippen molar-refractivity contribution in [3.05, 3.63) is 28.8 Å². The molecule has 4 nitrogen and oxygen atoms in total. The van der Waals surface area contributed by atoms with E-state index >= 15 is 0 Å². The zero-order valence-corrected chi connectivity index (χ0v) is 9.38. The molecule has 0 heterocycles. The van der Waals surface area contributed by atoms with Crippen molar-refractivity contribution in [2.24, 2.45) is 0 Å². The van der Waals surface area contributed by atoms with E-state index in [1.807, 2.05) is 0 Å². The van der Waals surface area contributed by atoms with Gasteiger partial charge in [-0.2, -0.15) is 26.3 Å². The van der Waals surface area contributed by atoms with Crippen LogP contribution in [-0.4, -0.2) is 16.2 Å². The van der Waals surface area contributed by atoms with Gasteiger partial charge in [-0.1, -0.05) is 0 Å². The van der Waals surface area contributed by atoms with Crippen molar-refractivity contribution >= 4 is 11.7 Å². The number of aliphatic hydroxyl groups is 1. The first-order valence-corrected chi connectivity index (χ1v) is 4.84. The SMILES string of the molecule is Nc1cc(C(F)(F)F)c(C(F)(F)F)cc1C(O)C(=O)O. The molecule has 0 aliphatic heterocycles. The number of carboxylic acids is 1. The van der Waals surface area contributed by atoms with E-state index in [-0.39, 0.29) is 12.1 Å². The number of nitrogens with two attached hydrogens (primary N) is 1. The van der Waals surface area contributed by atoms with E-state index < -0.39 is 46.8 Å². The normalized spacial score (nSPS) is 14.2. The van der Waals surface area contributed by atoms with Crippen LogP contribution in [0, 0.1) is 0 Å². The first kappa shape index (κ1) is 16.1. The standard InChI is InChI=1S/C10H7F6NO3/c11-9(12,13)4-1-3(7(18)8(19)20)6(17)2-5(4)10(14,15)16/h1-2,7,18H,17H2,(H,19,20). The molecule has 0 saturated heterocycles. The lowest BCUT2D eigenvalue weighted by Gasteiger charge is -2.19. The van der Waals surface area contributed by atoms with Gasteiger partial charge in [-0.15, -0.1) is 0 Å². The number of nitrogen functional groups attached to an aromatic ring is 1. The number of alkyl halides is 6. The molecule has 20 heavy (non-hydrogen) atoms. The Hall–Kier alpha value is -1.97. The molecule has 1 unspecified atom stereocenters. The molecule has 1 aromatic rings. The monoisotopic (exact) mass is 303 g/mol. The van der Waals surface area contributed by atoms with Crippen molar-refractivity contribution in [1.82, 2.24) is 0 Å². The summed E-state index contributed by atoms with van der Waals surface area (Å²) < 4.78 is 75.3. The topological polar surface area (TPSA) is 83.5 Å². The second kappa shape index (κ2) is 4.85. The molecule has 1 rings (SSSR count). The number of carbonyl (C=O) groups is 1. The molecule has 0 radical (unpaired) electrons. The number of aliphatic carboxylic acids is 1. The van der Waals surface area contributed by atoms with E-state index in [4.69, 9.17) is 15.9 Å². The summed E-state index contributed by atoms with van der Waals surface area (Å²) in [4.78, 5) is 10.5. The number of hydrogen-bond donors (Lipinski definition) is 3. The fourth-order valence-corrected chi connectivity index (χ4v) is 1.47. The second-order valence-electron chi connectivity index (χ2n) is 3.76. The highest BCUT2D eigenvalue weighted by Gasteiger charge is 2.44. The van der Waals surface area contributed by atoms with Crippen LogP contribution in [0.3, 0.4) is 0 Å². The molecule has 0 saturated carbocycles. The average molecular weight is 303 g/mol. The van der Waals surface area contributed by atoms with E-state index in [0.717, 1.165) is 0 Å². The minimum atomic E-state index is -5.38. The average Bonchev–Trinajstić information content (AvgIpc) is 2.24. The number of anilines is 1. The van der Waals surface area contributed by atoms with Crippen LogP contribution in [0.1, 0.15) is 22.8 Å². The van der Waals surface area contributed by atoms with Gasteiger partial charge < -0.3 is 15.9 Å². The van der Waals surface area contributed by atoms with Gasteiger partial charge in [0.25, 0.3) is 0 Å². The molecule has 0 spiro atoms. The number of rotatable bonds is 2. The smallest absolute Gasteiger partial charge is 0.417 e. The van der Waals surface area contributed by atoms with Crippen molar-refractivity contribution in [3.8, 4) is 0 Å². The van der Waals surface area contributed by atoms with Crippen LogP contribution in [0.4, 0.5) is 32.0 Å². The first-order chi connectivity index (χ1) is 8.85. The third-order valence-corrected chi connectivity index (χ3v) is 2.36. The molecule has 0 aliphatic rings. The van der Waals surface area contributed by atoms with Crippen LogP contribution in [0.25, 0.3) is 0 Å². The summed E-state index contributed by atoms with van der Waals surface area (Å²) in [6.45, 7) is 0. The quantitative estimate of drug-likeness (QED) is 0.579. The van der Waals surface area contributed by atoms with Gasteiger partial charge in [0.1, 0.15) is 0 Å². The Morgan fingerprint density at radius 1 is 1.05 bits per heavy atom.